The zero-order valence-electron chi connectivity index (χ0n) is 19.8. The van der Waals surface area contributed by atoms with Crippen LogP contribution >= 0.6 is 0 Å². The van der Waals surface area contributed by atoms with Crippen molar-refractivity contribution >= 4 is 10.0 Å². The van der Waals surface area contributed by atoms with Gasteiger partial charge in [0.05, 0.1) is 10.6 Å². The molecule has 170 valence electrons. The highest BCUT2D eigenvalue weighted by atomic mass is 32.2. The van der Waals surface area contributed by atoms with Crippen LogP contribution in [0.1, 0.15) is 81.5 Å². The summed E-state index contributed by atoms with van der Waals surface area (Å²) in [5, 5.41) is 0. The van der Waals surface area contributed by atoms with Crippen LogP contribution in [-0.4, -0.2) is 18.4 Å². The lowest BCUT2D eigenvalue weighted by Crippen LogP contribution is -2.26. The molecular weight excluding hydrogens is 418 g/mol. The van der Waals surface area contributed by atoms with Gasteiger partial charge in [0, 0.05) is 30.7 Å². The number of hydrogen-bond acceptors (Lipinski definition) is 4. The molecule has 6 heteroatoms. The van der Waals surface area contributed by atoms with Gasteiger partial charge in [0.1, 0.15) is 0 Å². The topological polar surface area (TPSA) is 72.0 Å². The third-order valence-corrected chi connectivity index (χ3v) is 7.15. The van der Waals surface area contributed by atoms with Crippen molar-refractivity contribution in [3.05, 3.63) is 77.2 Å². The predicted octanol–water partition coefficient (Wildman–Crippen LogP) is 5.99. The van der Waals surface area contributed by atoms with Crippen molar-refractivity contribution in [3.8, 4) is 11.3 Å². The molecule has 3 aromatic rings. The maximum Gasteiger partial charge on any atom is 0.241 e. The van der Waals surface area contributed by atoms with Crippen molar-refractivity contribution < 1.29 is 8.42 Å². The number of sulfonamides is 1. The summed E-state index contributed by atoms with van der Waals surface area (Å²) in [7, 11) is -3.71. The minimum atomic E-state index is -3.71. The van der Waals surface area contributed by atoms with Crippen LogP contribution in [0.3, 0.4) is 0 Å². The monoisotopic (exact) mass is 451 g/mol. The van der Waals surface area contributed by atoms with E-state index < -0.39 is 10.0 Å². The molecule has 0 aliphatic carbocycles. The van der Waals surface area contributed by atoms with Gasteiger partial charge in [0.25, 0.3) is 0 Å². The first-order valence-electron chi connectivity index (χ1n) is 11.1. The minimum Gasteiger partial charge on any atom is -0.265 e. The fourth-order valence-electron chi connectivity index (χ4n) is 3.72. The Morgan fingerprint density at radius 2 is 1.41 bits per heavy atom. The summed E-state index contributed by atoms with van der Waals surface area (Å²) in [5.41, 5.74) is 5.51. The molecule has 32 heavy (non-hydrogen) atoms. The molecule has 0 unspecified atom stereocenters. The van der Waals surface area contributed by atoms with Gasteiger partial charge in [0.2, 0.25) is 10.0 Å². The summed E-state index contributed by atoms with van der Waals surface area (Å²) in [6, 6.07) is 11.6. The van der Waals surface area contributed by atoms with E-state index in [0.717, 1.165) is 27.9 Å². The molecule has 0 saturated heterocycles. The fourth-order valence-corrected chi connectivity index (χ4v) is 5.43. The van der Waals surface area contributed by atoms with Crippen molar-refractivity contribution in [3.63, 3.8) is 0 Å². The number of benzene rings is 1. The highest BCUT2D eigenvalue weighted by Crippen LogP contribution is 2.35. The number of hydrogen-bond donors (Lipinski definition) is 1. The van der Waals surface area contributed by atoms with Gasteiger partial charge >= 0.3 is 0 Å². The van der Waals surface area contributed by atoms with Crippen LogP contribution in [-0.2, 0) is 16.6 Å². The van der Waals surface area contributed by atoms with Crippen molar-refractivity contribution in [2.45, 2.75) is 70.7 Å². The van der Waals surface area contributed by atoms with E-state index in [2.05, 4.69) is 40.7 Å². The van der Waals surface area contributed by atoms with Gasteiger partial charge in [-0.1, -0.05) is 53.7 Å². The molecule has 0 amide bonds. The molecule has 2 heterocycles. The summed E-state index contributed by atoms with van der Waals surface area (Å²) >= 11 is 0. The molecule has 0 fully saturated rings. The van der Waals surface area contributed by atoms with Crippen LogP contribution in [0, 0.1) is 0 Å². The molecule has 0 bridgehead atoms. The van der Waals surface area contributed by atoms with Crippen LogP contribution in [0.25, 0.3) is 11.3 Å². The Morgan fingerprint density at radius 3 is 1.94 bits per heavy atom. The van der Waals surface area contributed by atoms with Gasteiger partial charge in [-0.2, -0.15) is 0 Å². The number of pyridine rings is 2. The van der Waals surface area contributed by atoms with Crippen LogP contribution in [0.5, 0.6) is 0 Å². The maximum atomic E-state index is 13.6. The van der Waals surface area contributed by atoms with E-state index in [9.17, 15) is 8.42 Å². The number of rotatable bonds is 8. The standard InChI is InChI=1S/C26H33N3O2S/c1-17(2)22-14-23(18(3)4)26(24(15-22)19(5)6)32(30,31)29-16-20-7-12-28-25(13-20)21-8-10-27-11-9-21/h7-15,17-19,29H,16H2,1-6H3. The Bertz CT molecular complexity index is 1140. The molecule has 0 atom stereocenters. The number of aromatic nitrogens is 2. The molecule has 0 spiro atoms. The molecule has 0 aliphatic rings. The Labute approximate surface area is 192 Å². The van der Waals surface area contributed by atoms with Gasteiger partial charge < -0.3 is 0 Å². The fraction of sp³-hybridized carbons (Fsp3) is 0.385. The van der Waals surface area contributed by atoms with Crippen molar-refractivity contribution in [2.24, 2.45) is 0 Å². The summed E-state index contributed by atoms with van der Waals surface area (Å²) in [4.78, 5) is 8.87. The molecule has 1 aromatic carbocycles. The number of nitrogens with one attached hydrogen (secondary N) is 1. The molecule has 0 radical (unpaired) electrons. The first-order valence-corrected chi connectivity index (χ1v) is 12.6. The maximum absolute atomic E-state index is 13.6. The summed E-state index contributed by atoms with van der Waals surface area (Å²) in [6.45, 7) is 12.7. The second-order valence-corrected chi connectivity index (χ2v) is 10.8. The van der Waals surface area contributed by atoms with E-state index in [1.54, 1.807) is 18.6 Å². The number of nitrogens with zero attached hydrogens (tertiary/aromatic N) is 2. The van der Waals surface area contributed by atoms with Gasteiger partial charge in [-0.25, -0.2) is 13.1 Å². The largest absolute Gasteiger partial charge is 0.265 e. The molecule has 2 aromatic heterocycles. The van der Waals surface area contributed by atoms with Gasteiger partial charge in [-0.05, 0) is 64.3 Å². The van der Waals surface area contributed by atoms with E-state index in [1.165, 1.54) is 5.56 Å². The van der Waals surface area contributed by atoms with E-state index >= 15 is 0 Å². The Kier molecular flexibility index (Phi) is 7.47. The zero-order valence-corrected chi connectivity index (χ0v) is 20.6. The molecular formula is C26H33N3O2S. The van der Waals surface area contributed by atoms with Crippen LogP contribution in [0.15, 0.2) is 59.9 Å². The first kappa shape index (κ1) is 24.1. The Balaban J connectivity index is 1.97. The van der Waals surface area contributed by atoms with E-state index in [1.807, 2.05) is 52.0 Å². The lowest BCUT2D eigenvalue weighted by molar-refractivity contribution is 0.575. The molecule has 3 rings (SSSR count). The smallest absolute Gasteiger partial charge is 0.241 e. The minimum absolute atomic E-state index is 0.0944. The highest BCUT2D eigenvalue weighted by molar-refractivity contribution is 7.89. The van der Waals surface area contributed by atoms with Gasteiger partial charge in [-0.15, -0.1) is 0 Å². The van der Waals surface area contributed by atoms with Crippen LogP contribution in [0.4, 0.5) is 0 Å². The van der Waals surface area contributed by atoms with E-state index in [4.69, 9.17) is 0 Å². The Morgan fingerprint density at radius 1 is 0.812 bits per heavy atom. The van der Waals surface area contributed by atoms with Crippen LogP contribution < -0.4 is 4.72 Å². The van der Waals surface area contributed by atoms with E-state index in [-0.39, 0.29) is 18.4 Å². The molecule has 1 N–H and O–H groups in total. The molecule has 0 saturated carbocycles. The van der Waals surface area contributed by atoms with E-state index in [0.29, 0.717) is 10.8 Å². The lowest BCUT2D eigenvalue weighted by Gasteiger charge is -2.23. The third kappa shape index (κ3) is 5.43. The van der Waals surface area contributed by atoms with Crippen molar-refractivity contribution in [1.82, 2.24) is 14.7 Å². The predicted molar refractivity (Wildman–Crippen MR) is 130 cm³/mol. The Hall–Kier alpha value is -2.57. The summed E-state index contributed by atoms with van der Waals surface area (Å²) in [5.74, 6) is 0.520. The second-order valence-electron chi connectivity index (χ2n) is 9.10. The first-order chi connectivity index (χ1) is 15.1. The van der Waals surface area contributed by atoms with Crippen molar-refractivity contribution in [2.75, 3.05) is 0 Å². The lowest BCUT2D eigenvalue weighted by atomic mass is 9.89. The van der Waals surface area contributed by atoms with Crippen LogP contribution in [0.2, 0.25) is 0 Å². The highest BCUT2D eigenvalue weighted by Gasteiger charge is 2.26. The average molecular weight is 452 g/mol. The summed E-state index contributed by atoms with van der Waals surface area (Å²) < 4.78 is 30.0. The quantitative estimate of drug-likeness (QED) is 0.456. The van der Waals surface area contributed by atoms with Gasteiger partial charge in [0.15, 0.2) is 0 Å². The van der Waals surface area contributed by atoms with Gasteiger partial charge in [-0.3, -0.25) is 9.97 Å². The average Bonchev–Trinajstić information content (AvgIpc) is 2.77. The third-order valence-electron chi connectivity index (χ3n) is 5.61. The molecule has 0 aliphatic heterocycles. The van der Waals surface area contributed by atoms with Crippen molar-refractivity contribution in [1.29, 1.82) is 0 Å². The normalized spacial score (nSPS) is 12.2. The second kappa shape index (κ2) is 9.92. The summed E-state index contributed by atoms with van der Waals surface area (Å²) in [6.07, 6.45) is 5.14. The molecule has 5 nitrogen and oxygen atoms in total. The zero-order chi connectivity index (χ0) is 23.5. The SMILES string of the molecule is CC(C)c1cc(C(C)C)c(S(=O)(=O)NCc2ccnc(-c3ccncc3)c2)c(C(C)C)c1.